The van der Waals surface area contributed by atoms with E-state index in [1.807, 2.05) is 24.3 Å². The van der Waals surface area contributed by atoms with Gasteiger partial charge in [0, 0.05) is 12.6 Å². The highest BCUT2D eigenvalue weighted by Crippen LogP contribution is 2.29. The summed E-state index contributed by atoms with van der Waals surface area (Å²) >= 11 is 12.2. The van der Waals surface area contributed by atoms with Gasteiger partial charge in [0.2, 0.25) is 0 Å². The van der Waals surface area contributed by atoms with Gasteiger partial charge in [0.1, 0.15) is 5.75 Å². The van der Waals surface area contributed by atoms with Crippen LogP contribution in [-0.4, -0.2) is 29.1 Å². The molecule has 2 aromatic carbocycles. The Morgan fingerprint density at radius 1 is 1.04 bits per heavy atom. The zero-order chi connectivity index (χ0) is 18.4. The monoisotopic (exact) mass is 380 g/mol. The van der Waals surface area contributed by atoms with Gasteiger partial charge in [-0.25, -0.2) is 0 Å². The van der Waals surface area contributed by atoms with Crippen molar-refractivity contribution in [3.8, 4) is 5.75 Å². The standard InChI is InChI=1S/C20H26Cl2N2O/c1-3-24(11-10-16-12-18(21)20(23)19(22)13-16)14(2)4-5-15-6-8-17(25)9-7-15/h6-9,12-14,25H,3-5,10-11,23H2,1-2H3. The summed E-state index contributed by atoms with van der Waals surface area (Å²) in [5.74, 6) is 0.313. The molecule has 0 saturated carbocycles. The lowest BCUT2D eigenvalue weighted by Crippen LogP contribution is -2.35. The van der Waals surface area contributed by atoms with E-state index >= 15 is 0 Å². The van der Waals surface area contributed by atoms with Gasteiger partial charge in [-0.15, -0.1) is 0 Å². The summed E-state index contributed by atoms with van der Waals surface area (Å²) in [6.45, 7) is 6.38. The number of hydrogen-bond acceptors (Lipinski definition) is 3. The lowest BCUT2D eigenvalue weighted by atomic mass is 10.0. The van der Waals surface area contributed by atoms with E-state index in [0.717, 1.165) is 37.9 Å². The van der Waals surface area contributed by atoms with Gasteiger partial charge in [0.15, 0.2) is 0 Å². The minimum absolute atomic E-state index is 0.313. The molecule has 0 aliphatic rings. The highest BCUT2D eigenvalue weighted by Gasteiger charge is 2.13. The number of hydrogen-bond donors (Lipinski definition) is 2. The highest BCUT2D eigenvalue weighted by molar-refractivity contribution is 6.38. The maximum Gasteiger partial charge on any atom is 0.115 e. The Labute approximate surface area is 160 Å². The fraction of sp³-hybridized carbons (Fsp3) is 0.400. The number of likely N-dealkylation sites (N-methyl/N-ethyl adjacent to an activating group) is 1. The summed E-state index contributed by atoms with van der Waals surface area (Å²) in [6, 6.07) is 11.7. The van der Waals surface area contributed by atoms with Crippen LogP contribution in [0.2, 0.25) is 10.0 Å². The van der Waals surface area contributed by atoms with E-state index in [1.54, 1.807) is 12.1 Å². The minimum Gasteiger partial charge on any atom is -0.508 e. The molecule has 0 amide bonds. The zero-order valence-corrected chi connectivity index (χ0v) is 16.3. The molecule has 1 atom stereocenters. The number of benzene rings is 2. The molecule has 0 aromatic heterocycles. The first-order valence-electron chi connectivity index (χ1n) is 8.66. The predicted octanol–water partition coefficient (Wildman–Crippen LogP) is 5.17. The predicted molar refractivity (Wildman–Crippen MR) is 108 cm³/mol. The molecule has 136 valence electrons. The van der Waals surface area contributed by atoms with Crippen molar-refractivity contribution in [2.45, 2.75) is 39.2 Å². The van der Waals surface area contributed by atoms with Gasteiger partial charge in [-0.2, -0.15) is 0 Å². The number of halogens is 2. The van der Waals surface area contributed by atoms with Crippen molar-refractivity contribution in [3.63, 3.8) is 0 Å². The van der Waals surface area contributed by atoms with E-state index in [0.29, 0.717) is 27.5 Å². The van der Waals surface area contributed by atoms with Crippen LogP contribution in [0, 0.1) is 0 Å². The number of phenols is 1. The first-order valence-corrected chi connectivity index (χ1v) is 9.41. The third-order valence-corrected chi connectivity index (χ3v) is 5.27. The molecule has 0 heterocycles. The Kier molecular flexibility index (Phi) is 7.42. The molecule has 3 N–H and O–H groups in total. The van der Waals surface area contributed by atoms with Crippen LogP contribution in [0.15, 0.2) is 36.4 Å². The number of nitrogen functional groups attached to an aromatic ring is 1. The molecular formula is C20H26Cl2N2O. The summed E-state index contributed by atoms with van der Waals surface area (Å²) in [6.07, 6.45) is 2.95. The Morgan fingerprint density at radius 2 is 1.64 bits per heavy atom. The first kappa shape index (κ1) is 19.9. The summed E-state index contributed by atoms with van der Waals surface area (Å²) in [7, 11) is 0. The molecule has 3 nitrogen and oxygen atoms in total. The van der Waals surface area contributed by atoms with Crippen LogP contribution in [-0.2, 0) is 12.8 Å². The summed E-state index contributed by atoms with van der Waals surface area (Å²) < 4.78 is 0. The van der Waals surface area contributed by atoms with Crippen LogP contribution in [0.25, 0.3) is 0 Å². The quantitative estimate of drug-likeness (QED) is 0.621. The number of anilines is 1. The third kappa shape index (κ3) is 5.81. The van der Waals surface area contributed by atoms with E-state index in [9.17, 15) is 5.11 Å². The number of aromatic hydroxyl groups is 1. The number of rotatable bonds is 8. The maximum absolute atomic E-state index is 9.36. The smallest absolute Gasteiger partial charge is 0.115 e. The van der Waals surface area contributed by atoms with Crippen LogP contribution in [0.3, 0.4) is 0 Å². The summed E-state index contributed by atoms with van der Waals surface area (Å²) in [5, 5.41) is 10.4. The van der Waals surface area contributed by atoms with Crippen LogP contribution in [0.1, 0.15) is 31.4 Å². The van der Waals surface area contributed by atoms with Gasteiger partial charge in [-0.05, 0) is 68.1 Å². The normalized spacial score (nSPS) is 12.5. The maximum atomic E-state index is 9.36. The molecule has 0 bridgehead atoms. The molecule has 0 spiro atoms. The number of aryl methyl sites for hydroxylation is 1. The van der Waals surface area contributed by atoms with Crippen molar-refractivity contribution < 1.29 is 5.11 Å². The van der Waals surface area contributed by atoms with E-state index in [2.05, 4.69) is 18.7 Å². The second-order valence-electron chi connectivity index (χ2n) is 6.41. The van der Waals surface area contributed by atoms with E-state index < -0.39 is 0 Å². The minimum atomic E-state index is 0.313. The fourth-order valence-corrected chi connectivity index (χ4v) is 3.50. The van der Waals surface area contributed by atoms with Gasteiger partial charge < -0.3 is 15.7 Å². The molecule has 5 heteroatoms. The molecule has 1 unspecified atom stereocenters. The topological polar surface area (TPSA) is 49.5 Å². The number of nitrogens with zero attached hydrogens (tertiary/aromatic N) is 1. The van der Waals surface area contributed by atoms with E-state index in [-0.39, 0.29) is 0 Å². The van der Waals surface area contributed by atoms with Gasteiger partial charge >= 0.3 is 0 Å². The van der Waals surface area contributed by atoms with Crippen molar-refractivity contribution in [1.82, 2.24) is 4.90 Å². The van der Waals surface area contributed by atoms with E-state index in [1.165, 1.54) is 5.56 Å². The SMILES string of the molecule is CCN(CCc1cc(Cl)c(N)c(Cl)c1)C(C)CCc1ccc(O)cc1. The molecule has 0 fully saturated rings. The first-order chi connectivity index (χ1) is 11.9. The number of phenolic OH excluding ortho intramolecular Hbond substituents is 1. The second kappa shape index (κ2) is 9.33. The molecule has 2 rings (SSSR count). The molecule has 25 heavy (non-hydrogen) atoms. The molecular weight excluding hydrogens is 355 g/mol. The van der Waals surface area contributed by atoms with Crippen molar-refractivity contribution >= 4 is 28.9 Å². The highest BCUT2D eigenvalue weighted by atomic mass is 35.5. The van der Waals surface area contributed by atoms with Gasteiger partial charge in [0.25, 0.3) is 0 Å². The van der Waals surface area contributed by atoms with Crippen molar-refractivity contribution in [2.24, 2.45) is 0 Å². The van der Waals surface area contributed by atoms with Gasteiger partial charge in [0.05, 0.1) is 15.7 Å². The zero-order valence-electron chi connectivity index (χ0n) is 14.8. The molecule has 0 aliphatic heterocycles. The van der Waals surface area contributed by atoms with Crippen LogP contribution in [0.4, 0.5) is 5.69 Å². The Morgan fingerprint density at radius 3 is 2.20 bits per heavy atom. The Bertz CT molecular complexity index is 666. The average Bonchev–Trinajstić information content (AvgIpc) is 2.59. The van der Waals surface area contributed by atoms with E-state index in [4.69, 9.17) is 28.9 Å². The van der Waals surface area contributed by atoms with Crippen LogP contribution >= 0.6 is 23.2 Å². The van der Waals surface area contributed by atoms with Crippen molar-refractivity contribution in [2.75, 3.05) is 18.8 Å². The largest absolute Gasteiger partial charge is 0.508 e. The molecule has 0 aliphatic carbocycles. The lowest BCUT2D eigenvalue weighted by Gasteiger charge is -2.28. The third-order valence-electron chi connectivity index (χ3n) is 4.64. The summed E-state index contributed by atoms with van der Waals surface area (Å²) in [5.41, 5.74) is 8.59. The second-order valence-corrected chi connectivity index (χ2v) is 7.22. The van der Waals surface area contributed by atoms with Crippen LogP contribution in [0.5, 0.6) is 5.75 Å². The molecule has 0 radical (unpaired) electrons. The Balaban J connectivity index is 1.89. The molecule has 2 aromatic rings. The van der Waals surface area contributed by atoms with Gasteiger partial charge in [-0.3, -0.25) is 0 Å². The lowest BCUT2D eigenvalue weighted by molar-refractivity contribution is 0.212. The van der Waals surface area contributed by atoms with Crippen molar-refractivity contribution in [3.05, 3.63) is 57.6 Å². The average molecular weight is 381 g/mol. The van der Waals surface area contributed by atoms with Crippen LogP contribution < -0.4 is 5.73 Å². The Hall–Kier alpha value is -1.42. The fourth-order valence-electron chi connectivity index (χ4n) is 2.96. The summed E-state index contributed by atoms with van der Waals surface area (Å²) in [4.78, 5) is 2.46. The van der Waals surface area contributed by atoms with Crippen molar-refractivity contribution in [1.29, 1.82) is 0 Å². The number of nitrogens with two attached hydrogens (primary N) is 1. The van der Waals surface area contributed by atoms with Gasteiger partial charge in [-0.1, -0.05) is 42.3 Å². The molecule has 0 saturated heterocycles.